The van der Waals surface area contributed by atoms with Crippen molar-refractivity contribution in [3.63, 3.8) is 0 Å². The Bertz CT molecular complexity index is 168. The number of rotatable bonds is 3. The van der Waals surface area contributed by atoms with E-state index in [4.69, 9.17) is 5.73 Å². The molecule has 1 atom stereocenters. The van der Waals surface area contributed by atoms with Crippen LogP contribution in [0.25, 0.3) is 0 Å². The maximum absolute atomic E-state index is 5.50. The highest BCUT2D eigenvalue weighted by molar-refractivity contribution is 5.22. The van der Waals surface area contributed by atoms with Crippen LogP contribution in [0.3, 0.4) is 0 Å². The predicted octanol–water partition coefficient (Wildman–Crippen LogP) is 0.169. The first-order valence-electron chi connectivity index (χ1n) is 3.28. The van der Waals surface area contributed by atoms with Crippen LogP contribution in [0.4, 0.5) is 5.95 Å². The van der Waals surface area contributed by atoms with E-state index in [1.807, 2.05) is 6.92 Å². The van der Waals surface area contributed by atoms with Crippen LogP contribution in [0.2, 0.25) is 0 Å². The number of nitrogens with one attached hydrogen (secondary N) is 2. The van der Waals surface area contributed by atoms with Gasteiger partial charge in [0.1, 0.15) is 0 Å². The van der Waals surface area contributed by atoms with Crippen LogP contribution >= 0.6 is 0 Å². The molecule has 0 fully saturated rings. The highest BCUT2D eigenvalue weighted by Crippen LogP contribution is 1.93. The summed E-state index contributed by atoms with van der Waals surface area (Å²) in [5.41, 5.74) is 5.50. The van der Waals surface area contributed by atoms with Gasteiger partial charge in [-0.25, -0.2) is 4.98 Å². The van der Waals surface area contributed by atoms with E-state index in [0.717, 1.165) is 12.5 Å². The minimum Gasteiger partial charge on any atom is -0.354 e. The molecule has 1 aromatic heterocycles. The molecule has 0 aromatic carbocycles. The zero-order valence-electron chi connectivity index (χ0n) is 5.96. The first-order valence-corrected chi connectivity index (χ1v) is 3.28. The second-order valence-corrected chi connectivity index (χ2v) is 2.30. The molecule has 0 saturated heterocycles. The van der Waals surface area contributed by atoms with E-state index in [9.17, 15) is 0 Å². The maximum atomic E-state index is 5.50. The number of aromatic amines is 1. The van der Waals surface area contributed by atoms with Crippen molar-refractivity contribution in [1.82, 2.24) is 9.97 Å². The summed E-state index contributed by atoms with van der Waals surface area (Å²) in [4.78, 5) is 6.88. The van der Waals surface area contributed by atoms with E-state index >= 15 is 0 Å². The van der Waals surface area contributed by atoms with Gasteiger partial charge in [0.25, 0.3) is 0 Å². The first kappa shape index (κ1) is 7.08. The van der Waals surface area contributed by atoms with Gasteiger partial charge in [-0.1, -0.05) is 0 Å². The molecule has 1 rings (SSSR count). The quantitative estimate of drug-likeness (QED) is 0.560. The number of nitrogens with zero attached hydrogens (tertiary/aromatic N) is 1. The molecule has 10 heavy (non-hydrogen) atoms. The monoisotopic (exact) mass is 140 g/mol. The van der Waals surface area contributed by atoms with E-state index in [0.29, 0.717) is 0 Å². The van der Waals surface area contributed by atoms with Crippen molar-refractivity contribution >= 4 is 5.95 Å². The zero-order chi connectivity index (χ0) is 7.40. The Balaban J connectivity index is 2.28. The van der Waals surface area contributed by atoms with Crippen LogP contribution in [0.15, 0.2) is 12.4 Å². The van der Waals surface area contributed by atoms with Gasteiger partial charge < -0.3 is 16.0 Å². The minimum absolute atomic E-state index is 0.157. The van der Waals surface area contributed by atoms with Gasteiger partial charge in [0.05, 0.1) is 0 Å². The molecule has 4 heteroatoms. The van der Waals surface area contributed by atoms with Crippen LogP contribution in [0.5, 0.6) is 0 Å². The van der Waals surface area contributed by atoms with Crippen molar-refractivity contribution in [2.75, 3.05) is 11.9 Å². The molecule has 1 heterocycles. The number of imidazole rings is 1. The fourth-order valence-electron chi connectivity index (χ4n) is 0.620. The molecule has 0 bridgehead atoms. The summed E-state index contributed by atoms with van der Waals surface area (Å²) in [6.45, 7) is 2.68. The van der Waals surface area contributed by atoms with Gasteiger partial charge in [-0.15, -0.1) is 0 Å². The summed E-state index contributed by atoms with van der Waals surface area (Å²) >= 11 is 0. The normalized spacial score (nSPS) is 13.0. The summed E-state index contributed by atoms with van der Waals surface area (Å²) < 4.78 is 0. The summed E-state index contributed by atoms with van der Waals surface area (Å²) in [5.74, 6) is 0.775. The van der Waals surface area contributed by atoms with Crippen molar-refractivity contribution in [2.45, 2.75) is 13.0 Å². The van der Waals surface area contributed by atoms with Gasteiger partial charge in [0.15, 0.2) is 5.95 Å². The summed E-state index contributed by atoms with van der Waals surface area (Å²) in [5, 5.41) is 3.03. The molecule has 1 unspecified atom stereocenters. The molecule has 0 aliphatic rings. The molecule has 0 amide bonds. The van der Waals surface area contributed by atoms with Crippen LogP contribution in [-0.4, -0.2) is 22.6 Å². The van der Waals surface area contributed by atoms with E-state index in [2.05, 4.69) is 15.3 Å². The van der Waals surface area contributed by atoms with Gasteiger partial charge in [-0.2, -0.15) is 0 Å². The molecule has 56 valence electrons. The Hall–Kier alpha value is -1.03. The first-order chi connectivity index (χ1) is 4.79. The molecule has 0 saturated carbocycles. The molecular weight excluding hydrogens is 128 g/mol. The Morgan fingerprint density at radius 3 is 3.20 bits per heavy atom. The van der Waals surface area contributed by atoms with Gasteiger partial charge in [0, 0.05) is 25.0 Å². The number of nitrogens with two attached hydrogens (primary N) is 1. The Labute approximate surface area is 59.8 Å². The Morgan fingerprint density at radius 1 is 1.90 bits per heavy atom. The van der Waals surface area contributed by atoms with Crippen molar-refractivity contribution < 1.29 is 0 Å². The number of hydrogen-bond acceptors (Lipinski definition) is 3. The van der Waals surface area contributed by atoms with Crippen LogP contribution in [-0.2, 0) is 0 Å². The van der Waals surface area contributed by atoms with Gasteiger partial charge in [-0.3, -0.25) is 0 Å². The lowest BCUT2D eigenvalue weighted by Crippen LogP contribution is -2.25. The van der Waals surface area contributed by atoms with E-state index in [-0.39, 0.29) is 6.04 Å². The molecule has 4 nitrogen and oxygen atoms in total. The second kappa shape index (κ2) is 3.22. The van der Waals surface area contributed by atoms with E-state index < -0.39 is 0 Å². The largest absolute Gasteiger partial charge is 0.354 e. The smallest absolute Gasteiger partial charge is 0.200 e. The predicted molar refractivity (Wildman–Crippen MR) is 40.7 cm³/mol. The maximum Gasteiger partial charge on any atom is 0.200 e. The highest BCUT2D eigenvalue weighted by atomic mass is 15.1. The van der Waals surface area contributed by atoms with E-state index in [1.54, 1.807) is 12.4 Å². The SMILES string of the molecule is CC(N)CNc1ncc[nH]1. The van der Waals surface area contributed by atoms with Gasteiger partial charge >= 0.3 is 0 Å². The Morgan fingerprint density at radius 2 is 2.70 bits per heavy atom. The summed E-state index contributed by atoms with van der Waals surface area (Å²) in [7, 11) is 0. The molecular formula is C6H12N4. The van der Waals surface area contributed by atoms with Crippen LogP contribution in [0, 0.1) is 0 Å². The molecule has 0 radical (unpaired) electrons. The highest BCUT2D eigenvalue weighted by Gasteiger charge is 1.94. The standard InChI is InChI=1S/C6H12N4/c1-5(7)4-10-6-8-2-3-9-6/h2-3,5H,4,7H2,1H3,(H2,8,9,10). The lowest BCUT2D eigenvalue weighted by atomic mass is 10.4. The van der Waals surface area contributed by atoms with Crippen LogP contribution < -0.4 is 11.1 Å². The van der Waals surface area contributed by atoms with Crippen molar-refractivity contribution in [2.24, 2.45) is 5.73 Å². The Kier molecular flexibility index (Phi) is 2.28. The molecule has 4 N–H and O–H groups in total. The topological polar surface area (TPSA) is 66.7 Å². The van der Waals surface area contributed by atoms with Crippen molar-refractivity contribution in [3.05, 3.63) is 12.4 Å². The molecule has 1 aromatic rings. The third-order valence-electron chi connectivity index (χ3n) is 1.09. The zero-order valence-corrected chi connectivity index (χ0v) is 5.96. The minimum atomic E-state index is 0.157. The lowest BCUT2D eigenvalue weighted by Gasteiger charge is -2.04. The van der Waals surface area contributed by atoms with Gasteiger partial charge in [0.2, 0.25) is 0 Å². The lowest BCUT2D eigenvalue weighted by molar-refractivity contribution is 0.775. The number of H-pyrrole nitrogens is 1. The van der Waals surface area contributed by atoms with Crippen LogP contribution in [0.1, 0.15) is 6.92 Å². The molecule has 0 spiro atoms. The average molecular weight is 140 g/mol. The summed E-state index contributed by atoms with van der Waals surface area (Å²) in [6, 6.07) is 0.157. The molecule has 0 aliphatic carbocycles. The van der Waals surface area contributed by atoms with Crippen molar-refractivity contribution in [1.29, 1.82) is 0 Å². The average Bonchev–Trinajstić information content (AvgIpc) is 2.34. The van der Waals surface area contributed by atoms with E-state index in [1.165, 1.54) is 0 Å². The summed E-state index contributed by atoms with van der Waals surface area (Å²) in [6.07, 6.45) is 3.47. The van der Waals surface area contributed by atoms with Gasteiger partial charge in [-0.05, 0) is 6.92 Å². The fourth-order valence-corrected chi connectivity index (χ4v) is 0.620. The third-order valence-corrected chi connectivity index (χ3v) is 1.09. The number of aromatic nitrogens is 2. The molecule has 0 aliphatic heterocycles. The fraction of sp³-hybridized carbons (Fsp3) is 0.500. The number of anilines is 1. The number of hydrogen-bond donors (Lipinski definition) is 3. The van der Waals surface area contributed by atoms with Crippen molar-refractivity contribution in [3.8, 4) is 0 Å². The second-order valence-electron chi connectivity index (χ2n) is 2.30. The third kappa shape index (κ3) is 2.06.